The van der Waals surface area contributed by atoms with E-state index in [1.165, 1.54) is 37.8 Å². The Morgan fingerprint density at radius 3 is 2.56 bits per heavy atom. The van der Waals surface area contributed by atoms with Gasteiger partial charge in [0.25, 0.3) is 5.91 Å². The maximum atomic E-state index is 13.0. The van der Waals surface area contributed by atoms with Gasteiger partial charge in [0.15, 0.2) is 5.65 Å². The van der Waals surface area contributed by atoms with Crippen LogP contribution >= 0.6 is 11.6 Å². The van der Waals surface area contributed by atoms with Crippen LogP contribution in [0.1, 0.15) is 15.9 Å². The number of fused-ring (bicyclic) bond motifs is 1. The fraction of sp³-hybridized carbons (Fsp3) is 0.125. The Balaban J connectivity index is 1.96. The van der Waals surface area contributed by atoms with Crippen molar-refractivity contribution in [1.82, 2.24) is 15.0 Å². The van der Waals surface area contributed by atoms with E-state index in [1.807, 2.05) is 0 Å². The van der Waals surface area contributed by atoms with Crippen molar-refractivity contribution in [3.05, 3.63) is 59.0 Å². The van der Waals surface area contributed by atoms with E-state index >= 15 is 0 Å². The number of benzene rings is 1. The molecule has 0 saturated carbocycles. The number of carbonyl (C=O) groups is 1. The van der Waals surface area contributed by atoms with E-state index in [9.17, 15) is 18.0 Å². The quantitative estimate of drug-likeness (QED) is 0.688. The highest BCUT2D eigenvalue weighted by molar-refractivity contribution is 6.31. The van der Waals surface area contributed by atoms with E-state index in [-0.39, 0.29) is 11.3 Å². The molecule has 0 aliphatic rings. The van der Waals surface area contributed by atoms with Crippen molar-refractivity contribution in [1.29, 1.82) is 0 Å². The standard InChI is InChI=1S/C16H10ClF3N4O/c1-24(10-2-3-12(17)11(7-10)16(18,19)20)15(25)9-6-13-14(23-8-9)22-5-4-21-13/h2-8H,1H3. The lowest BCUT2D eigenvalue weighted by Gasteiger charge is -2.19. The minimum atomic E-state index is -4.61. The SMILES string of the molecule is CN(C(=O)c1cnc2nccnc2c1)c1ccc(Cl)c(C(F)(F)F)c1. The summed E-state index contributed by atoms with van der Waals surface area (Å²) in [5.74, 6) is -0.532. The lowest BCUT2D eigenvalue weighted by Crippen LogP contribution is -2.26. The van der Waals surface area contributed by atoms with E-state index < -0.39 is 22.7 Å². The summed E-state index contributed by atoms with van der Waals surface area (Å²) in [7, 11) is 1.37. The van der Waals surface area contributed by atoms with Gasteiger partial charge in [-0.05, 0) is 24.3 Å². The van der Waals surface area contributed by atoms with Crippen molar-refractivity contribution in [3.8, 4) is 0 Å². The number of alkyl halides is 3. The summed E-state index contributed by atoms with van der Waals surface area (Å²) in [6.45, 7) is 0. The molecule has 2 aromatic heterocycles. The monoisotopic (exact) mass is 366 g/mol. The van der Waals surface area contributed by atoms with Gasteiger partial charge in [-0.1, -0.05) is 11.6 Å². The summed E-state index contributed by atoms with van der Waals surface area (Å²) in [5.41, 5.74) is 0.00943. The number of halogens is 4. The van der Waals surface area contributed by atoms with Crippen molar-refractivity contribution >= 4 is 34.4 Å². The third kappa shape index (κ3) is 3.39. The highest BCUT2D eigenvalue weighted by Crippen LogP contribution is 2.37. The molecule has 0 atom stereocenters. The normalized spacial score (nSPS) is 11.6. The van der Waals surface area contributed by atoms with Crippen LogP contribution in [-0.4, -0.2) is 27.9 Å². The van der Waals surface area contributed by atoms with E-state index in [4.69, 9.17) is 11.6 Å². The zero-order valence-electron chi connectivity index (χ0n) is 12.8. The molecule has 9 heteroatoms. The van der Waals surface area contributed by atoms with Gasteiger partial charge >= 0.3 is 6.18 Å². The van der Waals surface area contributed by atoms with Gasteiger partial charge in [0.1, 0.15) is 5.52 Å². The first-order valence-corrected chi connectivity index (χ1v) is 7.37. The van der Waals surface area contributed by atoms with Gasteiger partial charge in [-0.25, -0.2) is 9.97 Å². The smallest absolute Gasteiger partial charge is 0.311 e. The van der Waals surface area contributed by atoms with Crippen LogP contribution in [0.15, 0.2) is 42.9 Å². The van der Waals surface area contributed by atoms with Crippen LogP contribution in [0, 0.1) is 0 Å². The average Bonchev–Trinajstić information content (AvgIpc) is 2.59. The number of carbonyl (C=O) groups excluding carboxylic acids is 1. The van der Waals surface area contributed by atoms with Crippen molar-refractivity contribution in [2.24, 2.45) is 0 Å². The summed E-state index contributed by atoms with van der Waals surface area (Å²) in [6.07, 6.45) is -0.389. The molecule has 0 fully saturated rings. The van der Waals surface area contributed by atoms with Crippen molar-refractivity contribution in [2.45, 2.75) is 6.18 Å². The molecule has 1 aromatic carbocycles. The number of rotatable bonds is 2. The highest BCUT2D eigenvalue weighted by Gasteiger charge is 2.34. The van der Waals surface area contributed by atoms with Gasteiger partial charge in [-0.15, -0.1) is 0 Å². The second-order valence-corrected chi connectivity index (χ2v) is 5.56. The molecule has 25 heavy (non-hydrogen) atoms. The maximum Gasteiger partial charge on any atom is 0.417 e. The molecule has 3 aromatic rings. The minimum absolute atomic E-state index is 0.0565. The lowest BCUT2D eigenvalue weighted by molar-refractivity contribution is -0.137. The molecule has 0 aliphatic carbocycles. The Bertz CT molecular complexity index is 962. The number of amides is 1. The molecule has 0 spiro atoms. The van der Waals surface area contributed by atoms with Gasteiger partial charge in [-0.3, -0.25) is 9.78 Å². The summed E-state index contributed by atoms with van der Waals surface area (Å²) >= 11 is 5.60. The van der Waals surface area contributed by atoms with E-state index in [0.29, 0.717) is 11.2 Å². The van der Waals surface area contributed by atoms with E-state index in [1.54, 1.807) is 0 Å². The summed E-state index contributed by atoms with van der Waals surface area (Å²) in [5, 5.41) is -0.431. The topological polar surface area (TPSA) is 59.0 Å². The Labute approximate surface area is 145 Å². The molecule has 1 amide bonds. The van der Waals surface area contributed by atoms with Crippen LogP contribution in [0.5, 0.6) is 0 Å². The predicted octanol–water partition coefficient (Wildman–Crippen LogP) is 3.97. The Hall–Kier alpha value is -2.74. The molecule has 0 bridgehead atoms. The molecule has 0 radical (unpaired) electrons. The first-order valence-electron chi connectivity index (χ1n) is 6.99. The van der Waals surface area contributed by atoms with Crippen molar-refractivity contribution in [3.63, 3.8) is 0 Å². The molecular weight excluding hydrogens is 357 g/mol. The first-order chi connectivity index (χ1) is 11.8. The highest BCUT2D eigenvalue weighted by atomic mass is 35.5. The van der Waals surface area contributed by atoms with Gasteiger partial charge in [0, 0.05) is 31.3 Å². The molecule has 0 unspecified atom stereocenters. The van der Waals surface area contributed by atoms with E-state index in [0.717, 1.165) is 17.0 Å². The van der Waals surface area contributed by atoms with Crippen LogP contribution in [-0.2, 0) is 6.18 Å². The molecular formula is C16H10ClF3N4O. The fourth-order valence-corrected chi connectivity index (χ4v) is 2.45. The van der Waals surface area contributed by atoms with Crippen LogP contribution in [0.2, 0.25) is 5.02 Å². The van der Waals surface area contributed by atoms with Crippen LogP contribution in [0.4, 0.5) is 18.9 Å². The van der Waals surface area contributed by atoms with Gasteiger partial charge in [0.2, 0.25) is 0 Å². The molecule has 0 saturated heterocycles. The summed E-state index contributed by atoms with van der Waals surface area (Å²) < 4.78 is 38.9. The summed E-state index contributed by atoms with van der Waals surface area (Å²) in [4.78, 5) is 25.7. The van der Waals surface area contributed by atoms with Crippen molar-refractivity contribution in [2.75, 3.05) is 11.9 Å². The number of pyridine rings is 1. The molecule has 128 valence electrons. The van der Waals surface area contributed by atoms with Gasteiger partial charge in [0.05, 0.1) is 16.1 Å². The Morgan fingerprint density at radius 1 is 1.12 bits per heavy atom. The second kappa shape index (κ2) is 6.29. The third-order valence-corrected chi connectivity index (χ3v) is 3.85. The summed E-state index contributed by atoms with van der Waals surface area (Å²) in [6, 6.07) is 4.75. The second-order valence-electron chi connectivity index (χ2n) is 5.15. The number of nitrogens with zero attached hydrogens (tertiary/aromatic N) is 4. The number of hydrogen-bond acceptors (Lipinski definition) is 4. The zero-order chi connectivity index (χ0) is 18.2. The predicted molar refractivity (Wildman–Crippen MR) is 86.5 cm³/mol. The Kier molecular flexibility index (Phi) is 4.30. The third-order valence-electron chi connectivity index (χ3n) is 3.52. The lowest BCUT2D eigenvalue weighted by atomic mass is 10.1. The zero-order valence-corrected chi connectivity index (χ0v) is 13.5. The van der Waals surface area contributed by atoms with Gasteiger partial charge in [-0.2, -0.15) is 13.2 Å². The van der Waals surface area contributed by atoms with E-state index in [2.05, 4.69) is 15.0 Å². The van der Waals surface area contributed by atoms with Crippen LogP contribution < -0.4 is 4.90 Å². The largest absolute Gasteiger partial charge is 0.417 e. The molecule has 5 nitrogen and oxygen atoms in total. The average molecular weight is 367 g/mol. The number of anilines is 1. The molecule has 0 N–H and O–H groups in total. The van der Waals surface area contributed by atoms with Gasteiger partial charge < -0.3 is 4.90 Å². The Morgan fingerprint density at radius 2 is 1.84 bits per heavy atom. The van der Waals surface area contributed by atoms with Crippen molar-refractivity contribution < 1.29 is 18.0 Å². The van der Waals surface area contributed by atoms with Crippen LogP contribution in [0.3, 0.4) is 0 Å². The number of aromatic nitrogens is 3. The van der Waals surface area contributed by atoms with Crippen LogP contribution in [0.25, 0.3) is 11.2 Å². The first kappa shape index (κ1) is 17.1. The minimum Gasteiger partial charge on any atom is -0.311 e. The molecule has 0 aliphatic heterocycles. The molecule has 3 rings (SSSR count). The fourth-order valence-electron chi connectivity index (χ4n) is 2.22. The number of hydrogen-bond donors (Lipinski definition) is 0. The maximum absolute atomic E-state index is 13.0. The molecule has 2 heterocycles.